The molecule has 2 atom stereocenters. The molecule has 1 aromatic heterocycles. The third kappa shape index (κ3) is 2.44. The topological polar surface area (TPSA) is 48.1 Å². The maximum absolute atomic E-state index is 12.6. The molecule has 4 heteroatoms. The number of amides is 1. The number of rotatable bonds is 2. The largest absolute Gasteiger partial charge is 0.361 e. The van der Waals surface area contributed by atoms with Gasteiger partial charge in [0.15, 0.2) is 0 Å². The fraction of sp³-hybridized carbons (Fsp3) is 0.471. The van der Waals surface area contributed by atoms with Gasteiger partial charge in [-0.05, 0) is 30.9 Å². The summed E-state index contributed by atoms with van der Waals surface area (Å²) in [6.45, 7) is 1.77. The van der Waals surface area contributed by atoms with E-state index >= 15 is 0 Å². The SMILES string of the molecule is O=C(Cc1c[nH]c2ccccc12)N1CCC2CCC(C1)N2. The van der Waals surface area contributed by atoms with Gasteiger partial charge in [-0.2, -0.15) is 0 Å². The highest BCUT2D eigenvalue weighted by Crippen LogP contribution is 2.22. The summed E-state index contributed by atoms with van der Waals surface area (Å²) >= 11 is 0. The Labute approximate surface area is 124 Å². The predicted octanol–water partition coefficient (Wildman–Crippen LogP) is 2.06. The van der Waals surface area contributed by atoms with Crippen LogP contribution >= 0.6 is 0 Å². The number of hydrogen-bond acceptors (Lipinski definition) is 2. The van der Waals surface area contributed by atoms with Crippen LogP contribution in [0.2, 0.25) is 0 Å². The van der Waals surface area contributed by atoms with Crippen molar-refractivity contribution in [3.63, 3.8) is 0 Å². The number of benzene rings is 1. The Bertz CT molecular complexity index is 663. The van der Waals surface area contributed by atoms with E-state index in [1.807, 2.05) is 18.3 Å². The predicted molar refractivity (Wildman–Crippen MR) is 83.1 cm³/mol. The number of carbonyl (C=O) groups is 1. The maximum atomic E-state index is 12.6. The van der Waals surface area contributed by atoms with Gasteiger partial charge >= 0.3 is 0 Å². The summed E-state index contributed by atoms with van der Waals surface area (Å²) in [6, 6.07) is 9.31. The summed E-state index contributed by atoms with van der Waals surface area (Å²) in [5.74, 6) is 0.258. The second-order valence-electron chi connectivity index (χ2n) is 6.30. The molecule has 110 valence electrons. The van der Waals surface area contributed by atoms with Gasteiger partial charge in [0.1, 0.15) is 0 Å². The third-order valence-corrected chi connectivity index (χ3v) is 4.89. The highest BCUT2D eigenvalue weighted by Gasteiger charge is 2.31. The molecule has 2 aromatic rings. The number of aromatic amines is 1. The molecule has 21 heavy (non-hydrogen) atoms. The molecule has 2 aliphatic heterocycles. The number of hydrogen-bond donors (Lipinski definition) is 2. The number of para-hydroxylation sites is 1. The summed E-state index contributed by atoms with van der Waals surface area (Å²) in [4.78, 5) is 17.9. The normalized spacial score (nSPS) is 25.2. The number of nitrogens with zero attached hydrogens (tertiary/aromatic N) is 1. The van der Waals surface area contributed by atoms with Crippen LogP contribution in [0.4, 0.5) is 0 Å². The maximum Gasteiger partial charge on any atom is 0.227 e. The lowest BCUT2D eigenvalue weighted by Crippen LogP contribution is -2.39. The minimum Gasteiger partial charge on any atom is -0.361 e. The van der Waals surface area contributed by atoms with E-state index in [0.717, 1.165) is 30.6 Å². The number of nitrogens with one attached hydrogen (secondary N) is 2. The Morgan fingerprint density at radius 3 is 3.00 bits per heavy atom. The van der Waals surface area contributed by atoms with Crippen LogP contribution in [0.3, 0.4) is 0 Å². The number of likely N-dealkylation sites (tertiary alicyclic amines) is 1. The molecule has 2 unspecified atom stereocenters. The summed E-state index contributed by atoms with van der Waals surface area (Å²) in [5, 5.41) is 4.79. The van der Waals surface area contributed by atoms with E-state index in [1.54, 1.807) is 0 Å². The number of aromatic nitrogens is 1. The van der Waals surface area contributed by atoms with Gasteiger partial charge in [-0.3, -0.25) is 4.79 Å². The second kappa shape index (κ2) is 5.19. The van der Waals surface area contributed by atoms with Crippen LogP contribution in [0.15, 0.2) is 30.5 Å². The molecule has 0 aliphatic carbocycles. The van der Waals surface area contributed by atoms with Crippen molar-refractivity contribution < 1.29 is 4.79 Å². The van der Waals surface area contributed by atoms with Crippen LogP contribution < -0.4 is 5.32 Å². The zero-order chi connectivity index (χ0) is 14.2. The molecule has 2 aliphatic rings. The van der Waals surface area contributed by atoms with E-state index in [4.69, 9.17) is 0 Å². The van der Waals surface area contributed by atoms with Gasteiger partial charge < -0.3 is 15.2 Å². The fourth-order valence-corrected chi connectivity index (χ4v) is 3.72. The molecule has 0 saturated carbocycles. The van der Waals surface area contributed by atoms with Crippen LogP contribution in [0.5, 0.6) is 0 Å². The first kappa shape index (κ1) is 12.9. The molecule has 2 bridgehead atoms. The minimum atomic E-state index is 0.258. The van der Waals surface area contributed by atoms with Crippen molar-refractivity contribution in [2.75, 3.05) is 13.1 Å². The second-order valence-corrected chi connectivity index (χ2v) is 6.30. The van der Waals surface area contributed by atoms with Crippen molar-refractivity contribution in [1.29, 1.82) is 0 Å². The lowest BCUT2D eigenvalue weighted by atomic mass is 10.1. The molecule has 4 rings (SSSR count). The van der Waals surface area contributed by atoms with Crippen molar-refractivity contribution in [3.8, 4) is 0 Å². The summed E-state index contributed by atoms with van der Waals surface area (Å²) in [5.41, 5.74) is 2.22. The van der Waals surface area contributed by atoms with Crippen LogP contribution in [-0.2, 0) is 11.2 Å². The van der Waals surface area contributed by atoms with E-state index in [1.165, 1.54) is 18.2 Å². The average molecular weight is 283 g/mol. The first-order valence-corrected chi connectivity index (χ1v) is 7.88. The molecule has 0 spiro atoms. The molecule has 1 aromatic carbocycles. The molecule has 2 saturated heterocycles. The van der Waals surface area contributed by atoms with Crippen molar-refractivity contribution in [3.05, 3.63) is 36.0 Å². The van der Waals surface area contributed by atoms with E-state index in [0.29, 0.717) is 18.5 Å². The summed E-state index contributed by atoms with van der Waals surface area (Å²) < 4.78 is 0. The average Bonchev–Trinajstić information content (AvgIpc) is 3.03. The molecule has 4 nitrogen and oxygen atoms in total. The lowest BCUT2D eigenvalue weighted by Gasteiger charge is -2.24. The van der Waals surface area contributed by atoms with E-state index in [9.17, 15) is 4.79 Å². The zero-order valence-electron chi connectivity index (χ0n) is 12.1. The smallest absolute Gasteiger partial charge is 0.227 e. The standard InChI is InChI=1S/C17H21N3O/c21-17(20-8-7-13-5-6-14(11-20)19-13)9-12-10-18-16-4-2-1-3-15(12)16/h1-4,10,13-14,18-19H,5-9,11H2. The van der Waals surface area contributed by atoms with Crippen molar-refractivity contribution in [2.24, 2.45) is 0 Å². The first-order chi connectivity index (χ1) is 10.3. The van der Waals surface area contributed by atoms with E-state index < -0.39 is 0 Å². The Kier molecular flexibility index (Phi) is 3.19. The van der Waals surface area contributed by atoms with Crippen LogP contribution in [0, 0.1) is 0 Å². The number of carbonyl (C=O) groups excluding carboxylic acids is 1. The highest BCUT2D eigenvalue weighted by atomic mass is 16.2. The third-order valence-electron chi connectivity index (χ3n) is 4.89. The van der Waals surface area contributed by atoms with Gasteiger partial charge in [-0.1, -0.05) is 18.2 Å². The van der Waals surface area contributed by atoms with Gasteiger partial charge in [-0.15, -0.1) is 0 Å². The lowest BCUT2D eigenvalue weighted by molar-refractivity contribution is -0.130. The van der Waals surface area contributed by atoms with E-state index in [-0.39, 0.29) is 5.91 Å². The van der Waals surface area contributed by atoms with Crippen molar-refractivity contribution in [2.45, 2.75) is 37.8 Å². The van der Waals surface area contributed by atoms with Gasteiger partial charge in [0.2, 0.25) is 5.91 Å². The quantitative estimate of drug-likeness (QED) is 0.886. The molecular weight excluding hydrogens is 262 g/mol. The van der Waals surface area contributed by atoms with Crippen LogP contribution in [0.25, 0.3) is 10.9 Å². The molecule has 0 radical (unpaired) electrons. The van der Waals surface area contributed by atoms with Crippen LogP contribution in [-0.4, -0.2) is 41.0 Å². The highest BCUT2D eigenvalue weighted by molar-refractivity contribution is 5.88. The van der Waals surface area contributed by atoms with Crippen LogP contribution in [0.1, 0.15) is 24.8 Å². The minimum absolute atomic E-state index is 0.258. The Morgan fingerprint density at radius 1 is 1.19 bits per heavy atom. The Balaban J connectivity index is 1.50. The van der Waals surface area contributed by atoms with Crippen molar-refractivity contribution in [1.82, 2.24) is 15.2 Å². The Hall–Kier alpha value is -1.81. The Morgan fingerprint density at radius 2 is 2.05 bits per heavy atom. The zero-order valence-corrected chi connectivity index (χ0v) is 12.1. The fourth-order valence-electron chi connectivity index (χ4n) is 3.72. The summed E-state index contributed by atoms with van der Waals surface area (Å²) in [7, 11) is 0. The molecule has 3 heterocycles. The summed E-state index contributed by atoms with van der Waals surface area (Å²) in [6.07, 6.45) is 6.05. The number of H-pyrrole nitrogens is 1. The van der Waals surface area contributed by atoms with Gasteiger partial charge in [0.05, 0.1) is 6.42 Å². The van der Waals surface area contributed by atoms with E-state index in [2.05, 4.69) is 27.3 Å². The number of fused-ring (bicyclic) bond motifs is 3. The first-order valence-electron chi connectivity index (χ1n) is 7.88. The monoisotopic (exact) mass is 283 g/mol. The molecular formula is C17H21N3O. The molecule has 2 N–H and O–H groups in total. The molecule has 2 fully saturated rings. The van der Waals surface area contributed by atoms with Gasteiger partial charge in [0.25, 0.3) is 0 Å². The molecule has 1 amide bonds. The van der Waals surface area contributed by atoms with Crippen molar-refractivity contribution >= 4 is 16.8 Å². The van der Waals surface area contributed by atoms with Gasteiger partial charge in [0, 0.05) is 42.3 Å². The van der Waals surface area contributed by atoms with Gasteiger partial charge in [-0.25, -0.2) is 0 Å².